The number of hydrogen-bond acceptors (Lipinski definition) is 5. The van der Waals surface area contributed by atoms with Crippen LogP contribution in [0.4, 0.5) is 5.69 Å². The second-order valence-corrected chi connectivity index (χ2v) is 13.5. The van der Waals surface area contributed by atoms with Crippen LogP contribution >= 0.6 is 0 Å². The Morgan fingerprint density at radius 3 is 2.09 bits per heavy atom. The van der Waals surface area contributed by atoms with Gasteiger partial charge in [-0.3, -0.25) is 14.4 Å². The maximum atomic E-state index is 15.1. The molecule has 8 nitrogen and oxygen atoms in total. The number of likely N-dealkylation sites (tertiary alicyclic amines) is 1. The number of ether oxygens (including phenoxy) is 1. The molecule has 6 atom stereocenters. The Morgan fingerprint density at radius 1 is 0.787 bits per heavy atom. The fraction of sp³-hybridized carbons (Fsp3) is 0.359. The molecule has 0 aliphatic carbocycles. The topological polar surface area (TPSA) is 90.4 Å². The molecule has 0 saturated carbocycles. The quantitative estimate of drug-likeness (QED) is 0.391. The highest BCUT2D eigenvalue weighted by Gasteiger charge is 2.75. The molecule has 8 heteroatoms. The van der Waals surface area contributed by atoms with E-state index in [1.165, 1.54) is 0 Å². The van der Waals surface area contributed by atoms with Crippen molar-refractivity contribution in [3.8, 4) is 0 Å². The molecule has 2 fully saturated rings. The monoisotopic (exact) mass is 631 g/mol. The van der Waals surface area contributed by atoms with Crippen LogP contribution in [-0.4, -0.2) is 75.6 Å². The Labute approximate surface area is 275 Å². The summed E-state index contributed by atoms with van der Waals surface area (Å²) in [5, 5.41) is 10.9. The van der Waals surface area contributed by atoms with Crippen molar-refractivity contribution in [3.63, 3.8) is 0 Å². The minimum Gasteiger partial charge on any atom is -0.394 e. The molecule has 47 heavy (non-hydrogen) atoms. The first-order chi connectivity index (χ1) is 22.7. The Hall–Kier alpha value is -4.53. The van der Waals surface area contributed by atoms with Crippen molar-refractivity contribution in [2.75, 3.05) is 24.6 Å². The third-order valence-corrected chi connectivity index (χ3v) is 10.4. The normalized spacial score (nSPS) is 29.0. The maximum absolute atomic E-state index is 15.1. The van der Waals surface area contributed by atoms with E-state index in [1.807, 2.05) is 124 Å². The SMILES string of the molecule is Cc1cccc(C)c1N1CC=C[C@]23O[C@@]4(C)C=CCN(Cc5ccccc5)C(=O)[C@H]4[C@H]2C(=O)N([C@@H](CO)Cc2ccccc2)C3C1=O. The zero-order chi connectivity index (χ0) is 32.9. The molecule has 242 valence electrons. The summed E-state index contributed by atoms with van der Waals surface area (Å²) in [5.74, 6) is -2.65. The summed E-state index contributed by atoms with van der Waals surface area (Å²) in [4.78, 5) is 49.8. The van der Waals surface area contributed by atoms with Crippen molar-refractivity contribution in [1.29, 1.82) is 0 Å². The van der Waals surface area contributed by atoms with E-state index in [9.17, 15) is 9.90 Å². The lowest BCUT2D eigenvalue weighted by Crippen LogP contribution is -2.59. The molecule has 1 unspecified atom stereocenters. The average molecular weight is 632 g/mol. The van der Waals surface area contributed by atoms with Gasteiger partial charge in [0.2, 0.25) is 11.8 Å². The molecular weight excluding hydrogens is 590 g/mol. The third kappa shape index (κ3) is 5.02. The molecule has 4 aliphatic rings. The lowest BCUT2D eigenvalue weighted by atomic mass is 9.74. The van der Waals surface area contributed by atoms with Crippen molar-refractivity contribution in [1.82, 2.24) is 9.80 Å². The number of aliphatic hydroxyl groups is 1. The van der Waals surface area contributed by atoms with E-state index in [0.29, 0.717) is 19.5 Å². The Morgan fingerprint density at radius 2 is 1.43 bits per heavy atom. The number of rotatable bonds is 7. The van der Waals surface area contributed by atoms with E-state index in [2.05, 4.69) is 0 Å². The number of fused-ring (bicyclic) bond motifs is 2. The fourth-order valence-corrected chi connectivity index (χ4v) is 8.42. The number of carbonyl (C=O) groups is 3. The Kier molecular flexibility index (Phi) is 7.89. The largest absolute Gasteiger partial charge is 0.394 e. The van der Waals surface area contributed by atoms with Gasteiger partial charge in [0.05, 0.1) is 30.1 Å². The lowest BCUT2D eigenvalue weighted by Gasteiger charge is -2.40. The van der Waals surface area contributed by atoms with Gasteiger partial charge >= 0.3 is 0 Å². The first kappa shape index (κ1) is 31.1. The highest BCUT2D eigenvalue weighted by atomic mass is 16.5. The van der Waals surface area contributed by atoms with E-state index in [1.54, 1.807) is 14.7 Å². The standard InChI is InChI=1S/C39H41N3O5/c1-26-13-10-14-27(2)33(26)41-22-12-20-39-32(36(45)42(34(39)37(41)46)30(25-43)23-28-15-6-4-7-16-28)31-35(44)40(21-11-19-38(31,3)47-39)24-29-17-8-5-9-18-29/h4-20,30-32,34,43H,21-25H2,1-3H3/t30-,31-,32+,34?,38+,39+/m1/s1. The lowest BCUT2D eigenvalue weighted by molar-refractivity contribution is -0.151. The van der Waals surface area contributed by atoms with Crippen LogP contribution in [0.25, 0.3) is 0 Å². The summed E-state index contributed by atoms with van der Waals surface area (Å²) in [6, 6.07) is 23.6. The number of carbonyl (C=O) groups excluding carboxylic acids is 3. The molecule has 1 spiro atoms. The van der Waals surface area contributed by atoms with Crippen LogP contribution in [0.5, 0.6) is 0 Å². The molecule has 4 heterocycles. The van der Waals surface area contributed by atoms with E-state index in [-0.39, 0.29) is 30.9 Å². The number of nitrogens with zero attached hydrogens (tertiary/aromatic N) is 3. The van der Waals surface area contributed by atoms with Gasteiger partial charge in [0.15, 0.2) is 0 Å². The van der Waals surface area contributed by atoms with E-state index >= 15 is 9.59 Å². The molecule has 0 radical (unpaired) electrons. The summed E-state index contributed by atoms with van der Waals surface area (Å²) < 4.78 is 7.05. The maximum Gasteiger partial charge on any atom is 0.253 e. The molecule has 2 saturated heterocycles. The second-order valence-electron chi connectivity index (χ2n) is 13.5. The van der Waals surface area contributed by atoms with Crippen LogP contribution in [0.3, 0.4) is 0 Å². The molecule has 1 N–H and O–H groups in total. The highest BCUT2D eigenvalue weighted by molar-refractivity contribution is 6.06. The molecule has 3 aromatic carbocycles. The predicted molar refractivity (Wildman–Crippen MR) is 179 cm³/mol. The van der Waals surface area contributed by atoms with Crippen molar-refractivity contribution < 1.29 is 24.2 Å². The van der Waals surface area contributed by atoms with Gasteiger partial charge in [0.25, 0.3) is 5.91 Å². The van der Waals surface area contributed by atoms with Gasteiger partial charge < -0.3 is 24.5 Å². The van der Waals surface area contributed by atoms with E-state index < -0.39 is 35.1 Å². The molecule has 0 bridgehead atoms. The zero-order valence-corrected chi connectivity index (χ0v) is 27.1. The Balaban J connectivity index is 1.36. The van der Waals surface area contributed by atoms with Crippen LogP contribution in [0.1, 0.15) is 29.2 Å². The molecule has 0 aromatic heterocycles. The number of aryl methyl sites for hydroxylation is 2. The van der Waals surface area contributed by atoms with Crippen LogP contribution in [0.15, 0.2) is 103 Å². The van der Waals surface area contributed by atoms with Gasteiger partial charge in [-0.1, -0.05) is 103 Å². The number of para-hydroxylation sites is 1. The predicted octanol–water partition coefficient (Wildman–Crippen LogP) is 4.38. The number of hydrogen-bond donors (Lipinski definition) is 1. The third-order valence-electron chi connectivity index (χ3n) is 10.4. The number of amides is 3. The Bertz CT molecular complexity index is 1740. The summed E-state index contributed by atoms with van der Waals surface area (Å²) in [6.45, 7) is 6.52. The van der Waals surface area contributed by atoms with Crippen LogP contribution < -0.4 is 4.90 Å². The molecular formula is C39H41N3O5. The van der Waals surface area contributed by atoms with Crippen molar-refractivity contribution in [2.24, 2.45) is 11.8 Å². The van der Waals surface area contributed by atoms with Gasteiger partial charge in [-0.25, -0.2) is 0 Å². The highest BCUT2D eigenvalue weighted by Crippen LogP contribution is 2.58. The number of aliphatic hydroxyl groups excluding tert-OH is 1. The second kappa shape index (κ2) is 11.9. The van der Waals surface area contributed by atoms with Gasteiger partial charge in [-0.2, -0.15) is 0 Å². The van der Waals surface area contributed by atoms with E-state index in [4.69, 9.17) is 4.74 Å². The van der Waals surface area contributed by atoms with Gasteiger partial charge in [0.1, 0.15) is 11.6 Å². The summed E-state index contributed by atoms with van der Waals surface area (Å²) in [7, 11) is 0. The first-order valence-corrected chi connectivity index (χ1v) is 16.4. The van der Waals surface area contributed by atoms with Crippen molar-refractivity contribution in [2.45, 2.75) is 57.0 Å². The summed E-state index contributed by atoms with van der Waals surface area (Å²) in [6.07, 6.45) is 7.96. The first-order valence-electron chi connectivity index (χ1n) is 16.4. The number of anilines is 1. The minimum absolute atomic E-state index is 0.183. The van der Waals surface area contributed by atoms with Crippen molar-refractivity contribution >= 4 is 23.4 Å². The zero-order valence-electron chi connectivity index (χ0n) is 27.1. The van der Waals surface area contributed by atoms with E-state index in [0.717, 1.165) is 27.9 Å². The molecule has 3 aromatic rings. The minimum atomic E-state index is -1.42. The average Bonchev–Trinajstić information content (AvgIpc) is 3.35. The van der Waals surface area contributed by atoms with Gasteiger partial charge in [-0.15, -0.1) is 0 Å². The molecule has 3 amide bonds. The van der Waals surface area contributed by atoms with Gasteiger partial charge in [0, 0.05) is 25.3 Å². The summed E-state index contributed by atoms with van der Waals surface area (Å²) in [5.41, 5.74) is 2.05. The summed E-state index contributed by atoms with van der Waals surface area (Å²) >= 11 is 0. The van der Waals surface area contributed by atoms with Crippen LogP contribution in [0.2, 0.25) is 0 Å². The fourth-order valence-electron chi connectivity index (χ4n) is 8.42. The van der Waals surface area contributed by atoms with Crippen LogP contribution in [0, 0.1) is 25.7 Å². The molecule has 4 aliphatic heterocycles. The molecule has 7 rings (SSSR count). The van der Waals surface area contributed by atoms with Crippen molar-refractivity contribution in [3.05, 3.63) is 125 Å². The smallest absolute Gasteiger partial charge is 0.253 e. The number of benzene rings is 3. The van der Waals surface area contributed by atoms with Crippen LogP contribution in [-0.2, 0) is 32.1 Å². The van der Waals surface area contributed by atoms with Gasteiger partial charge in [-0.05, 0) is 49.4 Å².